The second-order valence-corrected chi connectivity index (χ2v) is 10.3. The van der Waals surface area contributed by atoms with Gasteiger partial charge in [-0.2, -0.15) is 0 Å². The van der Waals surface area contributed by atoms with E-state index >= 15 is 0 Å². The molecule has 3 unspecified atom stereocenters. The van der Waals surface area contributed by atoms with Crippen LogP contribution in [0.15, 0.2) is 53.0 Å². The van der Waals surface area contributed by atoms with E-state index in [0.717, 1.165) is 20.8 Å². The predicted molar refractivity (Wildman–Crippen MR) is 124 cm³/mol. The lowest BCUT2D eigenvalue weighted by atomic mass is 9.75. The maximum absolute atomic E-state index is 12.9. The Kier molecular flexibility index (Phi) is 5.88. The van der Waals surface area contributed by atoms with Gasteiger partial charge in [0.25, 0.3) is 0 Å². The van der Waals surface area contributed by atoms with Crippen molar-refractivity contribution in [3.05, 3.63) is 58.6 Å². The third-order valence-corrected chi connectivity index (χ3v) is 6.47. The lowest BCUT2D eigenvalue weighted by molar-refractivity contribution is -0.148. The lowest BCUT2D eigenvalue weighted by Gasteiger charge is -2.39. The van der Waals surface area contributed by atoms with Crippen molar-refractivity contribution < 1.29 is 23.9 Å². The molecule has 0 N–H and O–H groups in total. The Morgan fingerprint density at radius 2 is 1.81 bits per heavy atom. The number of rotatable bonds is 4. The summed E-state index contributed by atoms with van der Waals surface area (Å²) in [5.41, 5.74) is 0.820. The van der Waals surface area contributed by atoms with Crippen LogP contribution in [0.4, 0.5) is 4.79 Å². The minimum absolute atomic E-state index is 0.0654. The zero-order valence-corrected chi connectivity index (χ0v) is 20.0. The molecule has 1 aliphatic carbocycles. The van der Waals surface area contributed by atoms with E-state index in [2.05, 4.69) is 22.5 Å². The van der Waals surface area contributed by atoms with E-state index in [1.165, 1.54) is 4.90 Å². The summed E-state index contributed by atoms with van der Waals surface area (Å²) in [5, 5.41) is 1.93. The molecular weight excluding hydrogens is 474 g/mol. The molecule has 1 amide bonds. The number of ether oxygens (including phenoxy) is 2. The first-order valence-electron chi connectivity index (χ1n) is 10.6. The van der Waals surface area contributed by atoms with Crippen molar-refractivity contribution >= 4 is 44.5 Å². The second kappa shape index (κ2) is 8.35. The fourth-order valence-electron chi connectivity index (χ4n) is 4.37. The highest BCUT2D eigenvalue weighted by Crippen LogP contribution is 2.47. The van der Waals surface area contributed by atoms with Crippen LogP contribution >= 0.6 is 15.9 Å². The number of hydrogen-bond acceptors (Lipinski definition) is 5. The first-order chi connectivity index (χ1) is 15.0. The Bertz CT molecular complexity index is 1120. The fourth-order valence-corrected chi connectivity index (χ4v) is 4.75. The first-order valence-corrected chi connectivity index (χ1v) is 11.4. The Morgan fingerprint density at radius 3 is 2.50 bits per heavy atom. The molecule has 2 aromatic carbocycles. The van der Waals surface area contributed by atoms with Crippen LogP contribution in [0.1, 0.15) is 44.0 Å². The van der Waals surface area contributed by atoms with Gasteiger partial charge in [-0.3, -0.25) is 9.69 Å². The molecule has 4 rings (SSSR count). The van der Waals surface area contributed by atoms with Gasteiger partial charge < -0.3 is 9.47 Å². The van der Waals surface area contributed by atoms with Crippen molar-refractivity contribution in [3.63, 3.8) is 0 Å². The number of Topliss-reactive ketones (excluding diaryl/α,β-unsaturated/α-hetero) is 1. The first kappa shape index (κ1) is 22.5. The molecule has 1 saturated heterocycles. The van der Waals surface area contributed by atoms with Crippen molar-refractivity contribution in [2.45, 2.75) is 51.3 Å². The summed E-state index contributed by atoms with van der Waals surface area (Å²) in [6.07, 6.45) is 0.562. The summed E-state index contributed by atoms with van der Waals surface area (Å²) >= 11 is 3.43. The number of esters is 1. The molecule has 3 atom stereocenters. The number of hydrogen-bond donors (Lipinski definition) is 0. The monoisotopic (exact) mass is 499 g/mol. The molecule has 6 nitrogen and oxygen atoms in total. The van der Waals surface area contributed by atoms with Gasteiger partial charge in [-0.1, -0.05) is 46.3 Å². The number of carbonyl (C=O) groups is 3. The van der Waals surface area contributed by atoms with Gasteiger partial charge in [0.2, 0.25) is 0 Å². The molecular formula is C25H26BrNO5. The largest absolute Gasteiger partial charge is 0.456 e. The zero-order valence-electron chi connectivity index (χ0n) is 18.4. The summed E-state index contributed by atoms with van der Waals surface area (Å²) in [7, 11) is 0. The molecule has 2 aliphatic rings. The average Bonchev–Trinajstić information content (AvgIpc) is 3.03. The molecule has 1 heterocycles. The van der Waals surface area contributed by atoms with Gasteiger partial charge in [-0.15, -0.1) is 0 Å². The van der Waals surface area contributed by atoms with Crippen LogP contribution in [-0.4, -0.2) is 47.0 Å². The second-order valence-electron chi connectivity index (χ2n) is 9.41. The van der Waals surface area contributed by atoms with Crippen molar-refractivity contribution in [1.82, 2.24) is 4.90 Å². The number of amides is 1. The minimum Gasteiger partial charge on any atom is -0.456 e. The van der Waals surface area contributed by atoms with Crippen molar-refractivity contribution in [2.75, 3.05) is 6.61 Å². The SMILES string of the molecule is C=C1CC2C1CC(C(=O)OCC(=O)c1ccc3cc(Br)ccc3c1)N2C(=O)OC(C)(C)C. The Balaban J connectivity index is 1.44. The van der Waals surface area contributed by atoms with Gasteiger partial charge in [-0.05, 0) is 62.6 Å². The van der Waals surface area contributed by atoms with Gasteiger partial charge >= 0.3 is 12.1 Å². The van der Waals surface area contributed by atoms with E-state index in [1.807, 2.05) is 24.3 Å². The summed E-state index contributed by atoms with van der Waals surface area (Å²) in [6, 6.07) is 10.3. The van der Waals surface area contributed by atoms with Crippen LogP contribution in [0, 0.1) is 5.92 Å². The molecule has 0 spiro atoms. The van der Waals surface area contributed by atoms with Gasteiger partial charge in [0, 0.05) is 22.0 Å². The van der Waals surface area contributed by atoms with Crippen LogP contribution in [-0.2, 0) is 14.3 Å². The zero-order chi connectivity index (χ0) is 23.2. The van der Waals surface area contributed by atoms with Crippen LogP contribution in [0.25, 0.3) is 10.8 Å². The smallest absolute Gasteiger partial charge is 0.411 e. The van der Waals surface area contributed by atoms with E-state index in [4.69, 9.17) is 9.47 Å². The fraction of sp³-hybridized carbons (Fsp3) is 0.400. The Hall–Kier alpha value is -2.67. The number of fused-ring (bicyclic) bond motifs is 2. The van der Waals surface area contributed by atoms with E-state index in [9.17, 15) is 14.4 Å². The molecule has 2 aromatic rings. The van der Waals surface area contributed by atoms with E-state index in [0.29, 0.717) is 18.4 Å². The third-order valence-electron chi connectivity index (χ3n) is 5.98. The minimum atomic E-state index is -0.777. The van der Waals surface area contributed by atoms with Crippen LogP contribution in [0.5, 0.6) is 0 Å². The van der Waals surface area contributed by atoms with Crippen molar-refractivity contribution in [3.8, 4) is 0 Å². The molecule has 0 bridgehead atoms. The van der Waals surface area contributed by atoms with Gasteiger partial charge in [0.05, 0.1) is 0 Å². The summed E-state index contributed by atoms with van der Waals surface area (Å²) < 4.78 is 11.8. The topological polar surface area (TPSA) is 72.9 Å². The number of halogens is 1. The number of nitrogens with zero attached hydrogens (tertiary/aromatic N) is 1. The van der Waals surface area contributed by atoms with Crippen LogP contribution in [0.2, 0.25) is 0 Å². The molecule has 1 aliphatic heterocycles. The summed E-state index contributed by atoms with van der Waals surface area (Å²) in [6.45, 7) is 8.99. The summed E-state index contributed by atoms with van der Waals surface area (Å²) in [5.74, 6) is -0.816. The highest BCUT2D eigenvalue weighted by molar-refractivity contribution is 9.10. The lowest BCUT2D eigenvalue weighted by Crippen LogP contribution is -2.50. The van der Waals surface area contributed by atoms with Gasteiger partial charge in [-0.25, -0.2) is 9.59 Å². The number of likely N-dealkylation sites (tertiary alicyclic amines) is 1. The third kappa shape index (κ3) is 4.44. The Labute approximate surface area is 195 Å². The van der Waals surface area contributed by atoms with Crippen LogP contribution in [0.3, 0.4) is 0 Å². The normalized spacial score (nSPS) is 22.3. The number of carbonyl (C=O) groups excluding carboxylic acids is 3. The van der Waals surface area contributed by atoms with E-state index in [1.54, 1.807) is 32.9 Å². The van der Waals surface area contributed by atoms with Crippen LogP contribution < -0.4 is 0 Å². The highest BCUT2D eigenvalue weighted by atomic mass is 79.9. The molecule has 7 heteroatoms. The van der Waals surface area contributed by atoms with Gasteiger partial charge in [0.15, 0.2) is 12.4 Å². The van der Waals surface area contributed by atoms with E-state index in [-0.39, 0.29) is 24.3 Å². The average molecular weight is 500 g/mol. The van der Waals surface area contributed by atoms with Crippen molar-refractivity contribution in [1.29, 1.82) is 0 Å². The summed E-state index contributed by atoms with van der Waals surface area (Å²) in [4.78, 5) is 39.8. The van der Waals surface area contributed by atoms with E-state index < -0.39 is 23.7 Å². The molecule has 0 radical (unpaired) electrons. The quantitative estimate of drug-likeness (QED) is 0.325. The maximum atomic E-state index is 12.9. The Morgan fingerprint density at radius 1 is 1.12 bits per heavy atom. The molecule has 168 valence electrons. The number of ketones is 1. The highest BCUT2D eigenvalue weighted by Gasteiger charge is 2.54. The standard InChI is InChI=1S/C25H26BrNO5/c1-14-9-20-19(14)12-21(27(20)24(30)32-25(2,3)4)23(29)31-13-22(28)17-6-5-16-11-18(26)8-7-15(16)10-17/h5-8,10-11,19-21H,1,9,12-13H2,2-4H3. The van der Waals surface area contributed by atoms with Gasteiger partial charge in [0.1, 0.15) is 11.6 Å². The maximum Gasteiger partial charge on any atom is 0.411 e. The number of benzene rings is 2. The predicted octanol–water partition coefficient (Wildman–Crippen LogP) is 5.28. The molecule has 2 fully saturated rings. The molecule has 32 heavy (non-hydrogen) atoms. The molecule has 1 saturated carbocycles. The molecule has 0 aromatic heterocycles. The van der Waals surface area contributed by atoms with Crippen molar-refractivity contribution in [2.24, 2.45) is 5.92 Å².